The zero-order valence-corrected chi connectivity index (χ0v) is 22.9. The normalized spacial score (nSPS) is 14.5. The second-order valence-electron chi connectivity index (χ2n) is 9.35. The molecular weight excluding hydrogens is 513 g/mol. The zero-order chi connectivity index (χ0) is 27.4. The predicted octanol–water partition coefficient (Wildman–Crippen LogP) is 6.73. The Balaban J connectivity index is 1.45. The molecule has 1 aliphatic heterocycles. The minimum Gasteiger partial charge on any atom is -0.489 e. The summed E-state index contributed by atoms with van der Waals surface area (Å²) in [6.45, 7) is 6.11. The molecule has 1 atom stereocenters. The molecule has 5 rings (SSSR count). The van der Waals surface area contributed by atoms with Crippen LogP contribution in [0.4, 0.5) is 16.0 Å². The number of hydrogen-bond donors (Lipinski definition) is 2. The third-order valence-electron chi connectivity index (χ3n) is 6.37. The van der Waals surface area contributed by atoms with Crippen LogP contribution in [0.15, 0.2) is 89.2 Å². The summed E-state index contributed by atoms with van der Waals surface area (Å²) in [5, 5.41) is 11.7. The van der Waals surface area contributed by atoms with Crippen LogP contribution in [0, 0.1) is 12.7 Å². The molecule has 0 saturated heterocycles. The van der Waals surface area contributed by atoms with Gasteiger partial charge in [-0.1, -0.05) is 66.7 Å². The van der Waals surface area contributed by atoms with Crippen molar-refractivity contribution in [3.63, 3.8) is 0 Å². The van der Waals surface area contributed by atoms with Crippen molar-refractivity contribution >= 4 is 29.3 Å². The Morgan fingerprint density at radius 2 is 1.82 bits per heavy atom. The molecule has 0 radical (unpaired) electrons. The lowest BCUT2D eigenvalue weighted by Crippen LogP contribution is -2.31. The van der Waals surface area contributed by atoms with Gasteiger partial charge in [-0.3, -0.25) is 4.79 Å². The maximum atomic E-state index is 14.0. The summed E-state index contributed by atoms with van der Waals surface area (Å²) >= 11 is 1.58. The van der Waals surface area contributed by atoms with Crippen LogP contribution in [-0.2, 0) is 11.4 Å². The minimum atomic E-state index is -0.504. The number of thioether (sulfide) groups is 1. The van der Waals surface area contributed by atoms with Gasteiger partial charge >= 0.3 is 0 Å². The number of carbonyl (C=O) groups is 1. The number of anilines is 2. The molecule has 0 spiro atoms. The van der Waals surface area contributed by atoms with Crippen molar-refractivity contribution in [1.82, 2.24) is 14.8 Å². The average molecular weight is 544 g/mol. The van der Waals surface area contributed by atoms with Crippen molar-refractivity contribution in [2.24, 2.45) is 0 Å². The molecular formula is C30H30FN5O2S. The van der Waals surface area contributed by atoms with Crippen molar-refractivity contribution in [3.8, 4) is 5.75 Å². The topological polar surface area (TPSA) is 81.1 Å². The van der Waals surface area contributed by atoms with Gasteiger partial charge in [-0.05, 0) is 56.2 Å². The number of ether oxygens (including phenoxy) is 1. The van der Waals surface area contributed by atoms with Gasteiger partial charge in [0.1, 0.15) is 24.2 Å². The van der Waals surface area contributed by atoms with E-state index < -0.39 is 6.04 Å². The summed E-state index contributed by atoms with van der Waals surface area (Å²) in [6.07, 6.45) is 1.00. The van der Waals surface area contributed by atoms with E-state index in [0.717, 1.165) is 23.3 Å². The van der Waals surface area contributed by atoms with E-state index in [1.807, 2.05) is 62.4 Å². The second kappa shape index (κ2) is 11.7. The van der Waals surface area contributed by atoms with E-state index in [1.165, 1.54) is 6.07 Å². The van der Waals surface area contributed by atoms with Crippen molar-refractivity contribution in [2.45, 2.75) is 45.0 Å². The van der Waals surface area contributed by atoms with Crippen LogP contribution in [0.2, 0.25) is 0 Å². The van der Waals surface area contributed by atoms with Crippen LogP contribution in [0.25, 0.3) is 0 Å². The van der Waals surface area contributed by atoms with Gasteiger partial charge in [0.2, 0.25) is 11.1 Å². The zero-order valence-electron chi connectivity index (χ0n) is 22.1. The first-order valence-corrected chi connectivity index (χ1v) is 13.8. The fourth-order valence-corrected chi connectivity index (χ4v) is 5.03. The summed E-state index contributed by atoms with van der Waals surface area (Å²) in [6, 6.07) is 21.2. The maximum Gasteiger partial charge on any atom is 0.255 e. The maximum absolute atomic E-state index is 14.0. The molecule has 4 aromatic rings. The number of aryl methyl sites for hydroxylation is 1. The number of fused-ring (bicyclic) bond motifs is 1. The third-order valence-corrected chi connectivity index (χ3v) is 7.41. The number of allylic oxidation sites excluding steroid dienone is 1. The summed E-state index contributed by atoms with van der Waals surface area (Å²) in [5.41, 5.74) is 4.41. The predicted molar refractivity (Wildman–Crippen MR) is 152 cm³/mol. The van der Waals surface area contributed by atoms with Crippen LogP contribution in [0.3, 0.4) is 0 Å². The number of amides is 1. The molecule has 0 saturated carbocycles. The largest absolute Gasteiger partial charge is 0.489 e. The SMILES string of the molecule is CCCSc1nc2n(n1)C(c1ccc(OCc3ccccc3F)cc1)C(C(=O)Nc1ccc(C)cc1)=C(C)N2. The molecule has 1 aliphatic rings. The molecule has 2 N–H and O–H groups in total. The Morgan fingerprint density at radius 1 is 1.08 bits per heavy atom. The van der Waals surface area contributed by atoms with Gasteiger partial charge in [-0.2, -0.15) is 4.98 Å². The van der Waals surface area contributed by atoms with Crippen LogP contribution >= 0.6 is 11.8 Å². The van der Waals surface area contributed by atoms with Crippen LogP contribution in [0.5, 0.6) is 5.75 Å². The first kappa shape index (κ1) is 26.5. The second-order valence-corrected chi connectivity index (χ2v) is 10.4. The summed E-state index contributed by atoms with van der Waals surface area (Å²) in [5.74, 6) is 1.56. The van der Waals surface area contributed by atoms with E-state index in [1.54, 1.807) is 34.6 Å². The van der Waals surface area contributed by atoms with Gasteiger partial charge < -0.3 is 15.4 Å². The molecule has 0 aliphatic carbocycles. The first-order valence-electron chi connectivity index (χ1n) is 12.8. The van der Waals surface area contributed by atoms with Gasteiger partial charge in [-0.25, -0.2) is 9.07 Å². The lowest BCUT2D eigenvalue weighted by Gasteiger charge is -2.28. The molecule has 0 fully saturated rings. The average Bonchev–Trinajstić information content (AvgIpc) is 3.34. The van der Waals surface area contributed by atoms with E-state index in [0.29, 0.717) is 39.4 Å². The number of halogens is 1. The molecule has 9 heteroatoms. The highest BCUT2D eigenvalue weighted by atomic mass is 32.2. The van der Waals surface area contributed by atoms with E-state index in [4.69, 9.17) is 9.84 Å². The first-order chi connectivity index (χ1) is 18.9. The highest BCUT2D eigenvalue weighted by Crippen LogP contribution is 2.37. The Bertz CT molecular complexity index is 1500. The summed E-state index contributed by atoms with van der Waals surface area (Å²) in [7, 11) is 0. The van der Waals surface area contributed by atoms with Crippen LogP contribution < -0.4 is 15.4 Å². The van der Waals surface area contributed by atoms with Crippen molar-refractivity contribution in [2.75, 3.05) is 16.4 Å². The summed E-state index contributed by atoms with van der Waals surface area (Å²) in [4.78, 5) is 18.3. The standard InChI is InChI=1S/C30H30FN5O2S/c1-4-17-39-30-34-29-32-20(3)26(28(37)33-23-13-9-19(2)10-14-23)27(36(29)35-30)21-11-15-24(16-12-21)38-18-22-7-5-6-8-25(22)31/h5-16,27H,4,17-18H2,1-3H3,(H,33,37)(H,32,34,35). The highest BCUT2D eigenvalue weighted by Gasteiger charge is 2.34. The fraction of sp³-hybridized carbons (Fsp3) is 0.233. The number of carbonyl (C=O) groups excluding carboxylic acids is 1. The van der Waals surface area contributed by atoms with Crippen molar-refractivity contribution in [3.05, 3.63) is 107 Å². The fourth-order valence-electron chi connectivity index (χ4n) is 4.35. The molecule has 2 heterocycles. The van der Waals surface area contributed by atoms with Gasteiger partial charge in [0.15, 0.2) is 0 Å². The Labute approximate surface area is 231 Å². The molecule has 1 unspecified atom stereocenters. The minimum absolute atomic E-state index is 0.119. The van der Waals surface area contributed by atoms with Crippen molar-refractivity contribution < 1.29 is 13.9 Å². The van der Waals surface area contributed by atoms with Crippen molar-refractivity contribution in [1.29, 1.82) is 0 Å². The van der Waals surface area contributed by atoms with Gasteiger partial charge in [0.25, 0.3) is 5.91 Å². The Kier molecular flexibility index (Phi) is 7.97. The Morgan fingerprint density at radius 3 is 2.54 bits per heavy atom. The number of nitrogens with zero attached hydrogens (tertiary/aromatic N) is 3. The van der Waals surface area contributed by atoms with Gasteiger partial charge in [0.05, 0.1) is 5.57 Å². The van der Waals surface area contributed by atoms with Crippen LogP contribution in [0.1, 0.15) is 43.0 Å². The molecule has 7 nitrogen and oxygen atoms in total. The van der Waals surface area contributed by atoms with E-state index in [-0.39, 0.29) is 18.3 Å². The molecule has 1 aromatic heterocycles. The lowest BCUT2D eigenvalue weighted by atomic mass is 9.95. The number of benzene rings is 3. The quantitative estimate of drug-likeness (QED) is 0.228. The van der Waals surface area contributed by atoms with E-state index in [2.05, 4.69) is 22.5 Å². The highest BCUT2D eigenvalue weighted by molar-refractivity contribution is 7.99. The molecule has 200 valence electrons. The monoisotopic (exact) mass is 543 g/mol. The number of hydrogen-bond acceptors (Lipinski definition) is 6. The van der Waals surface area contributed by atoms with E-state index in [9.17, 15) is 9.18 Å². The van der Waals surface area contributed by atoms with Crippen LogP contribution in [-0.4, -0.2) is 26.4 Å². The number of nitrogens with one attached hydrogen (secondary N) is 2. The summed E-state index contributed by atoms with van der Waals surface area (Å²) < 4.78 is 21.6. The molecule has 0 bridgehead atoms. The molecule has 39 heavy (non-hydrogen) atoms. The lowest BCUT2D eigenvalue weighted by molar-refractivity contribution is -0.113. The molecule has 1 amide bonds. The van der Waals surface area contributed by atoms with Gasteiger partial charge in [0, 0.05) is 22.7 Å². The smallest absolute Gasteiger partial charge is 0.255 e. The third kappa shape index (κ3) is 5.98. The molecule has 3 aromatic carbocycles. The number of aromatic nitrogens is 3. The van der Waals surface area contributed by atoms with Gasteiger partial charge in [-0.15, -0.1) is 5.10 Å². The Hall–Kier alpha value is -4.11. The number of rotatable bonds is 9. The van der Waals surface area contributed by atoms with E-state index >= 15 is 0 Å².